The number of aromatic amines is 1. The molecule has 0 bridgehead atoms. The van der Waals surface area contributed by atoms with Crippen LogP contribution in [-0.2, 0) is 16.0 Å². The van der Waals surface area contributed by atoms with E-state index < -0.39 is 5.97 Å². The van der Waals surface area contributed by atoms with Crippen LogP contribution in [0.4, 0.5) is 4.39 Å². The lowest BCUT2D eigenvalue weighted by Crippen LogP contribution is -2.17. The van der Waals surface area contributed by atoms with Crippen LogP contribution < -0.4 is 0 Å². The van der Waals surface area contributed by atoms with Crippen molar-refractivity contribution in [2.45, 2.75) is 31.6 Å². The van der Waals surface area contributed by atoms with Gasteiger partial charge in [-0.3, -0.25) is 14.9 Å². The predicted octanol–water partition coefficient (Wildman–Crippen LogP) is 5.25. The lowest BCUT2D eigenvalue weighted by atomic mass is 9.86. The molecule has 4 aromatic rings. The minimum Gasteiger partial charge on any atom is -0.481 e. The molecule has 2 aromatic heterocycles. The summed E-state index contributed by atoms with van der Waals surface area (Å²) in [4.78, 5) is 16.3. The molecule has 8 heteroatoms. The van der Waals surface area contributed by atoms with Crippen LogP contribution in [0.25, 0.3) is 32.8 Å². The number of rotatable bonds is 5. The van der Waals surface area contributed by atoms with Crippen molar-refractivity contribution in [3.05, 3.63) is 59.8 Å². The predicted molar refractivity (Wildman–Crippen MR) is 123 cm³/mol. The molecule has 1 saturated heterocycles. The molecule has 0 unspecified atom stereocenters. The van der Waals surface area contributed by atoms with Crippen LogP contribution in [0, 0.1) is 5.82 Å². The van der Waals surface area contributed by atoms with Gasteiger partial charge in [0.1, 0.15) is 5.82 Å². The summed E-state index contributed by atoms with van der Waals surface area (Å²) in [6, 6.07) is 10.5. The van der Waals surface area contributed by atoms with Crippen molar-refractivity contribution in [1.82, 2.24) is 15.2 Å². The monoisotopic (exact) mass is 455 g/mol. The number of nitrogens with zero attached hydrogens (tertiary/aromatic N) is 2. The summed E-state index contributed by atoms with van der Waals surface area (Å²) in [5.41, 5.74) is 4.44. The summed E-state index contributed by atoms with van der Waals surface area (Å²) < 4.78 is 19.2. The number of ether oxygens (including phenoxy) is 1. The number of nitrogens with one attached hydrogen (secondary N) is 1. The minimum atomic E-state index is -0.854. The van der Waals surface area contributed by atoms with Gasteiger partial charge in [-0.15, -0.1) is 12.4 Å². The Morgan fingerprint density at radius 3 is 2.62 bits per heavy atom. The van der Waals surface area contributed by atoms with E-state index >= 15 is 0 Å². The zero-order chi connectivity index (χ0) is 21.4. The number of halogens is 2. The van der Waals surface area contributed by atoms with E-state index in [0.717, 1.165) is 57.0 Å². The number of carboxylic acids is 1. The van der Waals surface area contributed by atoms with E-state index in [2.05, 4.69) is 16.3 Å². The van der Waals surface area contributed by atoms with E-state index in [1.165, 1.54) is 12.1 Å². The van der Waals surface area contributed by atoms with Gasteiger partial charge in [0.05, 0.1) is 23.8 Å². The standard InChI is InChI=1S/C24H22FN3O3.ClH/c25-17-3-1-14(2-4-17)23-19-11-16-13-26-28-21(16)12-18(19)20(5-6-22(29)30)27-24(23)15-7-9-31-10-8-15;/h1-4,11-13,15H,5-10H2,(H,26,28)(H,29,30);1H. The number of carboxylic acid groups (broad SMARTS) is 1. The fourth-order valence-corrected chi connectivity index (χ4v) is 4.44. The van der Waals surface area contributed by atoms with E-state index in [0.29, 0.717) is 19.6 Å². The Balaban J connectivity index is 0.00000245. The number of carbonyl (C=O) groups is 1. The summed E-state index contributed by atoms with van der Waals surface area (Å²) in [7, 11) is 0. The minimum absolute atomic E-state index is 0. The van der Waals surface area contributed by atoms with Crippen molar-refractivity contribution in [2.75, 3.05) is 13.2 Å². The van der Waals surface area contributed by atoms with Gasteiger partial charge in [0.25, 0.3) is 0 Å². The first kappa shape index (κ1) is 22.2. The highest BCUT2D eigenvalue weighted by molar-refractivity contribution is 6.05. The number of hydrogen-bond donors (Lipinski definition) is 2. The molecule has 5 rings (SSSR count). The molecule has 2 aromatic carbocycles. The lowest BCUT2D eigenvalue weighted by molar-refractivity contribution is -0.136. The van der Waals surface area contributed by atoms with Crippen molar-refractivity contribution in [2.24, 2.45) is 0 Å². The van der Waals surface area contributed by atoms with E-state index in [9.17, 15) is 14.3 Å². The Kier molecular flexibility index (Phi) is 6.39. The Labute approximate surface area is 190 Å². The summed E-state index contributed by atoms with van der Waals surface area (Å²) >= 11 is 0. The average molecular weight is 456 g/mol. The number of pyridine rings is 1. The first-order valence-corrected chi connectivity index (χ1v) is 10.5. The van der Waals surface area contributed by atoms with Crippen LogP contribution >= 0.6 is 12.4 Å². The summed E-state index contributed by atoms with van der Waals surface area (Å²) in [6.07, 6.45) is 3.81. The summed E-state index contributed by atoms with van der Waals surface area (Å²) in [5.74, 6) is -0.946. The summed E-state index contributed by atoms with van der Waals surface area (Å²) in [5, 5.41) is 19.2. The molecule has 0 saturated carbocycles. The Morgan fingerprint density at radius 1 is 1.16 bits per heavy atom. The van der Waals surface area contributed by atoms with Crippen molar-refractivity contribution in [3.63, 3.8) is 0 Å². The van der Waals surface area contributed by atoms with E-state index in [4.69, 9.17) is 9.72 Å². The van der Waals surface area contributed by atoms with E-state index in [-0.39, 0.29) is 30.6 Å². The second kappa shape index (κ2) is 9.22. The fourth-order valence-electron chi connectivity index (χ4n) is 4.44. The number of aliphatic carboxylic acids is 1. The molecule has 2 N–H and O–H groups in total. The number of benzene rings is 2. The molecule has 6 nitrogen and oxygen atoms in total. The number of aryl methyl sites for hydroxylation is 1. The van der Waals surface area contributed by atoms with Gasteiger partial charge in [-0.1, -0.05) is 12.1 Å². The molecule has 1 fully saturated rings. The highest BCUT2D eigenvalue weighted by Crippen LogP contribution is 2.40. The first-order valence-electron chi connectivity index (χ1n) is 10.5. The number of H-pyrrole nitrogens is 1. The highest BCUT2D eigenvalue weighted by Gasteiger charge is 2.25. The molecule has 0 spiro atoms. The molecule has 3 heterocycles. The molecule has 32 heavy (non-hydrogen) atoms. The second-order valence-corrected chi connectivity index (χ2v) is 7.96. The highest BCUT2D eigenvalue weighted by atomic mass is 35.5. The van der Waals surface area contributed by atoms with Crippen molar-refractivity contribution >= 4 is 40.1 Å². The molecule has 1 aliphatic heterocycles. The second-order valence-electron chi connectivity index (χ2n) is 7.96. The third-order valence-corrected chi connectivity index (χ3v) is 5.99. The first-order chi connectivity index (χ1) is 15.1. The van der Waals surface area contributed by atoms with Gasteiger partial charge in [-0.25, -0.2) is 4.39 Å². The molecule has 0 atom stereocenters. The number of hydrogen-bond acceptors (Lipinski definition) is 4. The van der Waals surface area contributed by atoms with Crippen LogP contribution in [-0.4, -0.2) is 39.5 Å². The molecule has 0 amide bonds. The van der Waals surface area contributed by atoms with Gasteiger partial charge in [0, 0.05) is 47.6 Å². The topological polar surface area (TPSA) is 88.1 Å². The third kappa shape index (κ3) is 4.18. The summed E-state index contributed by atoms with van der Waals surface area (Å²) in [6.45, 7) is 1.33. The third-order valence-electron chi connectivity index (χ3n) is 5.99. The number of fused-ring (bicyclic) bond motifs is 2. The Hall–Kier alpha value is -3.03. The smallest absolute Gasteiger partial charge is 0.303 e. The normalized spacial score (nSPS) is 14.5. The van der Waals surface area contributed by atoms with Gasteiger partial charge < -0.3 is 9.84 Å². The van der Waals surface area contributed by atoms with Crippen LogP contribution in [0.1, 0.15) is 36.6 Å². The van der Waals surface area contributed by atoms with E-state index in [1.54, 1.807) is 18.3 Å². The maximum Gasteiger partial charge on any atom is 0.303 e. The Bertz CT molecular complexity index is 1270. The molecular formula is C24H23ClFN3O3. The maximum atomic E-state index is 13.7. The molecule has 1 aliphatic rings. The molecule has 0 aliphatic carbocycles. The SMILES string of the molecule is Cl.O=C(O)CCc1nc(C2CCOCC2)c(-c2ccc(F)cc2)c2cc3cn[nH]c3cc12. The Morgan fingerprint density at radius 2 is 1.91 bits per heavy atom. The van der Waals surface area contributed by atoms with Crippen molar-refractivity contribution in [1.29, 1.82) is 0 Å². The average Bonchev–Trinajstić information content (AvgIpc) is 3.24. The van der Waals surface area contributed by atoms with Crippen molar-refractivity contribution < 1.29 is 19.0 Å². The molecular weight excluding hydrogens is 433 g/mol. The molecule has 166 valence electrons. The zero-order valence-electron chi connectivity index (χ0n) is 17.3. The zero-order valence-corrected chi connectivity index (χ0v) is 18.1. The van der Waals surface area contributed by atoms with Crippen LogP contribution in [0.15, 0.2) is 42.6 Å². The van der Waals surface area contributed by atoms with Gasteiger partial charge >= 0.3 is 5.97 Å². The van der Waals surface area contributed by atoms with Crippen LogP contribution in [0.3, 0.4) is 0 Å². The number of aromatic nitrogens is 3. The largest absolute Gasteiger partial charge is 0.481 e. The quantitative estimate of drug-likeness (QED) is 0.429. The van der Waals surface area contributed by atoms with Gasteiger partial charge in [-0.2, -0.15) is 5.10 Å². The van der Waals surface area contributed by atoms with E-state index in [1.807, 2.05) is 6.07 Å². The van der Waals surface area contributed by atoms with Crippen molar-refractivity contribution in [3.8, 4) is 11.1 Å². The van der Waals surface area contributed by atoms with Crippen LogP contribution in [0.2, 0.25) is 0 Å². The molecule has 0 radical (unpaired) electrons. The van der Waals surface area contributed by atoms with Gasteiger partial charge in [0.15, 0.2) is 0 Å². The maximum absolute atomic E-state index is 13.7. The lowest BCUT2D eigenvalue weighted by Gasteiger charge is -2.26. The van der Waals surface area contributed by atoms with Gasteiger partial charge in [0.2, 0.25) is 0 Å². The van der Waals surface area contributed by atoms with Crippen LogP contribution in [0.5, 0.6) is 0 Å². The fraction of sp³-hybridized carbons (Fsp3) is 0.292. The van der Waals surface area contributed by atoms with Gasteiger partial charge in [-0.05, 0) is 48.1 Å².